The Labute approximate surface area is 86.2 Å². The Bertz CT molecular complexity index is 286. The van der Waals surface area contributed by atoms with Gasteiger partial charge in [-0.2, -0.15) is 13.2 Å². The maximum atomic E-state index is 12.4. The third-order valence-corrected chi connectivity index (χ3v) is 1.67. The van der Waals surface area contributed by atoms with E-state index in [1.165, 1.54) is 12.1 Å². The van der Waals surface area contributed by atoms with E-state index in [0.29, 0.717) is 6.42 Å². The van der Waals surface area contributed by atoms with E-state index < -0.39 is 6.30 Å². The van der Waals surface area contributed by atoms with E-state index in [2.05, 4.69) is 0 Å². The number of halogens is 3. The predicted molar refractivity (Wildman–Crippen MR) is 50.1 cm³/mol. The van der Waals surface area contributed by atoms with E-state index in [-0.39, 0.29) is 17.4 Å². The van der Waals surface area contributed by atoms with E-state index in [0.717, 1.165) is 0 Å². The van der Waals surface area contributed by atoms with Crippen molar-refractivity contribution in [3.05, 3.63) is 30.3 Å². The Kier molecular flexibility index (Phi) is 3.96. The number of rotatable bonds is 4. The van der Waals surface area contributed by atoms with Crippen LogP contribution in [0, 0.1) is 0 Å². The molecule has 0 aromatic heterocycles. The molecule has 1 aromatic rings. The molecule has 1 aromatic carbocycles. The second-order valence-electron chi connectivity index (χ2n) is 2.97. The number of hydroxylamine groups is 2. The molecule has 84 valence electrons. The van der Waals surface area contributed by atoms with Crippen LogP contribution >= 0.6 is 0 Å². The lowest BCUT2D eigenvalue weighted by Crippen LogP contribution is -2.41. The van der Waals surface area contributed by atoms with Crippen LogP contribution in [0.15, 0.2) is 30.3 Å². The molecule has 0 unspecified atom stereocenters. The molecule has 1 rings (SSSR count). The van der Waals surface area contributed by atoms with Crippen LogP contribution in [0.25, 0.3) is 0 Å². The van der Waals surface area contributed by atoms with E-state index in [1.807, 2.05) is 0 Å². The van der Waals surface area contributed by atoms with Crippen LogP contribution in [0.2, 0.25) is 0 Å². The average Bonchev–Trinajstić information content (AvgIpc) is 2.17. The van der Waals surface area contributed by atoms with Crippen molar-refractivity contribution in [1.29, 1.82) is 0 Å². The van der Waals surface area contributed by atoms with E-state index >= 15 is 0 Å². The van der Waals surface area contributed by atoms with Gasteiger partial charge in [-0.15, -0.1) is 0 Å². The molecule has 0 fully saturated rings. The molecular weight excluding hydrogens is 207 g/mol. The first-order valence-electron chi connectivity index (χ1n) is 4.61. The summed E-state index contributed by atoms with van der Waals surface area (Å²) >= 11 is 0. The zero-order chi connectivity index (χ0) is 11.3. The van der Waals surface area contributed by atoms with E-state index in [1.54, 1.807) is 25.1 Å². The van der Waals surface area contributed by atoms with Gasteiger partial charge in [-0.1, -0.05) is 25.1 Å². The summed E-state index contributed by atoms with van der Waals surface area (Å²) in [5.74, 6) is 0.184. The lowest BCUT2D eigenvalue weighted by atomic mass is 10.3. The Morgan fingerprint density at radius 3 is 2.27 bits per heavy atom. The first-order chi connectivity index (χ1) is 7.04. The fraction of sp³-hybridized carbons (Fsp3) is 0.400. The molecule has 0 saturated heterocycles. The quantitative estimate of drug-likeness (QED) is 0.569. The highest BCUT2D eigenvalue weighted by molar-refractivity contribution is 5.20. The van der Waals surface area contributed by atoms with Crippen LogP contribution < -0.4 is 4.84 Å². The van der Waals surface area contributed by atoms with Gasteiger partial charge < -0.3 is 4.84 Å². The zero-order valence-corrected chi connectivity index (χ0v) is 8.29. The van der Waals surface area contributed by atoms with Crippen LogP contribution in [0.1, 0.15) is 13.3 Å². The summed E-state index contributed by atoms with van der Waals surface area (Å²) in [6.45, 7) is 1.48. The lowest BCUT2D eigenvalue weighted by Gasteiger charge is -2.23. The molecule has 0 aliphatic heterocycles. The number of para-hydroxylation sites is 1. The van der Waals surface area contributed by atoms with Crippen LogP contribution in [0.5, 0.6) is 5.75 Å². The van der Waals surface area contributed by atoms with Gasteiger partial charge in [-0.25, -0.2) is 0 Å². The van der Waals surface area contributed by atoms with Crippen molar-refractivity contribution in [3.8, 4) is 5.75 Å². The van der Waals surface area contributed by atoms with Crippen molar-refractivity contribution in [2.45, 2.75) is 19.6 Å². The number of hydrogen-bond acceptors (Lipinski definition) is 2. The fourth-order valence-corrected chi connectivity index (χ4v) is 1.04. The first-order valence-corrected chi connectivity index (χ1v) is 4.61. The molecule has 5 heteroatoms. The Balaban J connectivity index is 2.67. The molecule has 0 bridgehead atoms. The summed E-state index contributed by atoms with van der Waals surface area (Å²) in [5, 5.41) is 0.0301. The van der Waals surface area contributed by atoms with Crippen molar-refractivity contribution in [2.24, 2.45) is 0 Å². The minimum atomic E-state index is -4.47. The highest BCUT2D eigenvalue weighted by Crippen LogP contribution is 2.23. The predicted octanol–water partition coefficient (Wildman–Crippen LogP) is 3.21. The summed E-state index contributed by atoms with van der Waals surface area (Å²) in [4.78, 5) is 4.73. The molecule has 0 aliphatic carbocycles. The minimum Gasteiger partial charge on any atom is -0.398 e. The van der Waals surface area contributed by atoms with Gasteiger partial charge in [0, 0.05) is 6.54 Å². The number of nitrogens with zero attached hydrogens (tertiary/aromatic N) is 1. The van der Waals surface area contributed by atoms with E-state index in [4.69, 9.17) is 4.84 Å². The molecule has 0 N–H and O–H groups in total. The van der Waals surface area contributed by atoms with Gasteiger partial charge in [0.15, 0.2) is 0 Å². The average molecular weight is 219 g/mol. The largest absolute Gasteiger partial charge is 0.492 e. The number of hydrogen-bond donors (Lipinski definition) is 0. The van der Waals surface area contributed by atoms with Crippen molar-refractivity contribution < 1.29 is 18.0 Å². The second kappa shape index (κ2) is 5.02. The number of benzene rings is 1. The van der Waals surface area contributed by atoms with Gasteiger partial charge in [0.05, 0.1) is 0 Å². The molecule has 0 spiro atoms. The molecule has 0 amide bonds. The fourth-order valence-electron chi connectivity index (χ4n) is 1.04. The molecule has 0 aliphatic rings. The van der Waals surface area contributed by atoms with Crippen LogP contribution in [0.3, 0.4) is 0 Å². The van der Waals surface area contributed by atoms with Crippen molar-refractivity contribution >= 4 is 0 Å². The normalized spacial score (nSPS) is 11.8. The molecular formula is C10H12F3NO. The maximum absolute atomic E-state index is 12.4. The standard InChI is InChI=1S/C10H12F3NO/c1-2-8-14(10(11,12)13)15-9-6-4-3-5-7-9/h3-7H,2,8H2,1H3. The Morgan fingerprint density at radius 1 is 1.20 bits per heavy atom. The molecule has 15 heavy (non-hydrogen) atoms. The molecule has 0 radical (unpaired) electrons. The third kappa shape index (κ3) is 3.79. The number of alkyl halides is 3. The summed E-state index contributed by atoms with van der Waals surface area (Å²) in [5.41, 5.74) is 0. The summed E-state index contributed by atoms with van der Waals surface area (Å²) in [7, 11) is 0. The second-order valence-corrected chi connectivity index (χ2v) is 2.97. The monoisotopic (exact) mass is 219 g/mol. The van der Waals surface area contributed by atoms with Gasteiger partial charge in [0.1, 0.15) is 5.75 Å². The van der Waals surface area contributed by atoms with Gasteiger partial charge in [-0.3, -0.25) is 0 Å². The highest BCUT2D eigenvalue weighted by atomic mass is 19.4. The first kappa shape index (κ1) is 11.8. The summed E-state index contributed by atoms with van der Waals surface area (Å²) < 4.78 is 37.2. The Hall–Kier alpha value is -1.23. The SMILES string of the molecule is CCCN(Oc1ccccc1)C(F)(F)F. The highest BCUT2D eigenvalue weighted by Gasteiger charge is 2.39. The van der Waals surface area contributed by atoms with Crippen LogP contribution in [-0.4, -0.2) is 17.9 Å². The van der Waals surface area contributed by atoms with Gasteiger partial charge in [0.25, 0.3) is 0 Å². The van der Waals surface area contributed by atoms with E-state index in [9.17, 15) is 13.2 Å². The summed E-state index contributed by atoms with van der Waals surface area (Å²) in [6, 6.07) is 7.92. The van der Waals surface area contributed by atoms with Crippen LogP contribution in [-0.2, 0) is 0 Å². The minimum absolute atomic E-state index is 0.0301. The summed E-state index contributed by atoms with van der Waals surface area (Å²) in [6.07, 6.45) is -4.10. The van der Waals surface area contributed by atoms with Crippen molar-refractivity contribution in [1.82, 2.24) is 5.06 Å². The van der Waals surface area contributed by atoms with Crippen molar-refractivity contribution in [2.75, 3.05) is 6.54 Å². The van der Waals surface area contributed by atoms with Crippen molar-refractivity contribution in [3.63, 3.8) is 0 Å². The molecule has 0 atom stereocenters. The van der Waals surface area contributed by atoms with Gasteiger partial charge >= 0.3 is 6.30 Å². The molecule has 0 saturated carbocycles. The smallest absolute Gasteiger partial charge is 0.398 e. The molecule has 2 nitrogen and oxygen atoms in total. The van der Waals surface area contributed by atoms with Gasteiger partial charge in [0.2, 0.25) is 0 Å². The maximum Gasteiger partial charge on any atom is 0.492 e. The van der Waals surface area contributed by atoms with Crippen LogP contribution in [0.4, 0.5) is 13.2 Å². The Morgan fingerprint density at radius 2 is 1.80 bits per heavy atom. The molecule has 0 heterocycles. The zero-order valence-electron chi connectivity index (χ0n) is 8.29. The lowest BCUT2D eigenvalue weighted by molar-refractivity contribution is -0.336. The topological polar surface area (TPSA) is 12.5 Å². The third-order valence-electron chi connectivity index (χ3n) is 1.67. The van der Waals surface area contributed by atoms with Gasteiger partial charge in [-0.05, 0) is 23.6 Å².